The summed E-state index contributed by atoms with van der Waals surface area (Å²) in [4.78, 5) is 32.0. The minimum absolute atomic E-state index is 0.0446. The zero-order chi connectivity index (χ0) is 20.9. The van der Waals surface area contributed by atoms with Crippen molar-refractivity contribution in [2.45, 2.75) is 19.4 Å². The van der Waals surface area contributed by atoms with Crippen molar-refractivity contribution in [2.75, 3.05) is 20.2 Å². The topological polar surface area (TPSA) is 68.7 Å². The third-order valence-electron chi connectivity index (χ3n) is 5.10. The molecule has 0 aliphatic carbocycles. The van der Waals surface area contributed by atoms with Gasteiger partial charge in [0.05, 0.1) is 29.2 Å². The van der Waals surface area contributed by atoms with E-state index in [9.17, 15) is 9.59 Å². The summed E-state index contributed by atoms with van der Waals surface area (Å²) in [6, 6.07) is 11.4. The number of piperidine rings is 1. The second kappa shape index (κ2) is 9.40. The molecule has 0 bridgehead atoms. The van der Waals surface area contributed by atoms with Crippen molar-refractivity contribution in [2.24, 2.45) is 5.92 Å². The Labute approximate surface area is 183 Å². The van der Waals surface area contributed by atoms with Gasteiger partial charge in [-0.15, -0.1) is 22.7 Å². The summed E-state index contributed by atoms with van der Waals surface area (Å²) in [6.07, 6.45) is 1.25. The Morgan fingerprint density at radius 3 is 2.67 bits per heavy atom. The summed E-state index contributed by atoms with van der Waals surface area (Å²) < 4.78 is 10.9. The molecule has 1 aliphatic rings. The van der Waals surface area contributed by atoms with E-state index in [4.69, 9.17) is 9.47 Å². The quantitative estimate of drug-likeness (QED) is 0.527. The lowest BCUT2D eigenvalue weighted by Crippen LogP contribution is -2.40. The van der Waals surface area contributed by atoms with Crippen LogP contribution in [-0.2, 0) is 16.1 Å². The van der Waals surface area contributed by atoms with Crippen LogP contribution in [0.2, 0.25) is 0 Å². The van der Waals surface area contributed by atoms with Crippen molar-refractivity contribution in [3.05, 3.63) is 57.7 Å². The number of amides is 1. The fourth-order valence-corrected chi connectivity index (χ4v) is 4.98. The minimum Gasteiger partial charge on any atom is -0.496 e. The van der Waals surface area contributed by atoms with E-state index >= 15 is 0 Å². The van der Waals surface area contributed by atoms with Gasteiger partial charge in [0.2, 0.25) is 0 Å². The zero-order valence-corrected chi connectivity index (χ0v) is 18.2. The van der Waals surface area contributed by atoms with E-state index in [1.807, 2.05) is 52.1 Å². The van der Waals surface area contributed by atoms with E-state index in [0.717, 1.165) is 26.9 Å². The number of nitrogens with zero attached hydrogens (tertiary/aromatic N) is 2. The van der Waals surface area contributed by atoms with Gasteiger partial charge in [-0.2, -0.15) is 0 Å². The SMILES string of the molecule is COc1ccccc1-c1nc(COC(=O)C2CCN(C(=O)c3cccs3)CC2)cs1. The number of carbonyl (C=O) groups is 2. The van der Waals surface area contributed by atoms with Crippen LogP contribution in [0, 0.1) is 5.92 Å². The van der Waals surface area contributed by atoms with Crippen LogP contribution in [0.3, 0.4) is 0 Å². The molecule has 1 saturated heterocycles. The first kappa shape index (κ1) is 20.6. The number of thiophene rings is 1. The Bertz CT molecular complexity index is 1010. The number of aromatic nitrogens is 1. The van der Waals surface area contributed by atoms with Gasteiger partial charge in [0, 0.05) is 18.5 Å². The number of hydrogen-bond donors (Lipinski definition) is 0. The van der Waals surface area contributed by atoms with Gasteiger partial charge in [-0.05, 0) is 36.4 Å². The van der Waals surface area contributed by atoms with E-state index in [0.29, 0.717) is 25.9 Å². The van der Waals surface area contributed by atoms with Crippen molar-refractivity contribution in [1.82, 2.24) is 9.88 Å². The number of methoxy groups -OCH3 is 1. The normalized spacial score (nSPS) is 14.5. The first-order valence-electron chi connectivity index (χ1n) is 9.73. The standard InChI is InChI=1S/C22H22N2O4S2/c1-27-18-6-3-2-5-17(18)20-23-16(14-30-20)13-28-22(26)15-8-10-24(11-9-15)21(25)19-7-4-12-29-19/h2-7,12,14-15H,8-11,13H2,1H3. The van der Waals surface area contributed by atoms with Crippen LogP contribution in [0.1, 0.15) is 28.2 Å². The molecule has 0 spiro atoms. The molecule has 4 rings (SSSR count). The fourth-order valence-electron chi connectivity index (χ4n) is 3.46. The van der Waals surface area contributed by atoms with Crippen LogP contribution in [0.15, 0.2) is 47.2 Å². The molecule has 1 aromatic carbocycles. The zero-order valence-electron chi connectivity index (χ0n) is 16.6. The van der Waals surface area contributed by atoms with Crippen LogP contribution < -0.4 is 4.74 Å². The second-order valence-electron chi connectivity index (χ2n) is 7.00. The molecule has 3 heterocycles. The number of carbonyl (C=O) groups excluding carboxylic acids is 2. The summed E-state index contributed by atoms with van der Waals surface area (Å²) in [5, 5.41) is 4.63. The molecule has 0 atom stereocenters. The highest BCUT2D eigenvalue weighted by Gasteiger charge is 2.29. The molecule has 0 saturated carbocycles. The fraction of sp³-hybridized carbons (Fsp3) is 0.318. The number of esters is 1. The van der Waals surface area contributed by atoms with Gasteiger partial charge in [0.1, 0.15) is 17.4 Å². The summed E-state index contributed by atoms with van der Waals surface area (Å²) >= 11 is 2.94. The third kappa shape index (κ3) is 4.55. The number of ether oxygens (including phenoxy) is 2. The van der Waals surface area contributed by atoms with Crippen LogP contribution in [0.4, 0.5) is 0 Å². The van der Waals surface area contributed by atoms with Crippen molar-refractivity contribution in [3.8, 4) is 16.3 Å². The molecule has 1 aliphatic heterocycles. The van der Waals surface area contributed by atoms with Crippen LogP contribution in [0.25, 0.3) is 10.6 Å². The summed E-state index contributed by atoms with van der Waals surface area (Å²) in [6.45, 7) is 1.30. The van der Waals surface area contributed by atoms with E-state index in [1.165, 1.54) is 22.7 Å². The van der Waals surface area contributed by atoms with E-state index in [-0.39, 0.29) is 24.4 Å². The largest absolute Gasteiger partial charge is 0.496 e. The molecule has 1 fully saturated rings. The number of hydrogen-bond acceptors (Lipinski definition) is 7. The van der Waals surface area contributed by atoms with Crippen molar-refractivity contribution >= 4 is 34.6 Å². The molecule has 156 valence electrons. The van der Waals surface area contributed by atoms with Gasteiger partial charge in [0.25, 0.3) is 5.91 Å². The highest BCUT2D eigenvalue weighted by molar-refractivity contribution is 7.13. The second-order valence-corrected chi connectivity index (χ2v) is 8.80. The minimum atomic E-state index is -0.218. The van der Waals surface area contributed by atoms with Gasteiger partial charge in [-0.3, -0.25) is 9.59 Å². The van der Waals surface area contributed by atoms with Crippen molar-refractivity contribution in [1.29, 1.82) is 0 Å². The van der Waals surface area contributed by atoms with Crippen LogP contribution in [0.5, 0.6) is 5.75 Å². The van der Waals surface area contributed by atoms with Crippen LogP contribution in [-0.4, -0.2) is 42.0 Å². The lowest BCUT2D eigenvalue weighted by atomic mass is 9.97. The van der Waals surface area contributed by atoms with E-state index in [1.54, 1.807) is 7.11 Å². The molecular formula is C22H22N2O4S2. The molecule has 30 heavy (non-hydrogen) atoms. The summed E-state index contributed by atoms with van der Waals surface area (Å²) in [5.74, 6) is 0.414. The third-order valence-corrected chi connectivity index (χ3v) is 6.88. The molecule has 3 aromatic rings. The Balaban J connectivity index is 1.29. The van der Waals surface area contributed by atoms with Gasteiger partial charge >= 0.3 is 5.97 Å². The number of rotatable bonds is 6. The molecule has 0 N–H and O–H groups in total. The molecule has 8 heteroatoms. The lowest BCUT2D eigenvalue weighted by Gasteiger charge is -2.30. The molecular weight excluding hydrogens is 420 g/mol. The molecule has 0 unspecified atom stereocenters. The maximum atomic E-state index is 12.5. The Hall–Kier alpha value is -2.71. The molecule has 0 radical (unpaired) electrons. The number of para-hydroxylation sites is 1. The number of thiazole rings is 1. The number of benzene rings is 1. The predicted octanol–water partition coefficient (Wildman–Crippen LogP) is 4.48. The smallest absolute Gasteiger partial charge is 0.309 e. The Morgan fingerprint density at radius 2 is 1.93 bits per heavy atom. The van der Waals surface area contributed by atoms with Crippen LogP contribution >= 0.6 is 22.7 Å². The summed E-state index contributed by atoms with van der Waals surface area (Å²) in [5.41, 5.74) is 1.64. The monoisotopic (exact) mass is 442 g/mol. The molecule has 6 nitrogen and oxygen atoms in total. The average molecular weight is 443 g/mol. The maximum absolute atomic E-state index is 12.5. The number of likely N-dealkylation sites (tertiary alicyclic amines) is 1. The Morgan fingerprint density at radius 1 is 1.13 bits per heavy atom. The Kier molecular flexibility index (Phi) is 6.44. The first-order valence-corrected chi connectivity index (χ1v) is 11.5. The predicted molar refractivity (Wildman–Crippen MR) is 117 cm³/mol. The van der Waals surface area contributed by atoms with Crippen molar-refractivity contribution < 1.29 is 19.1 Å². The molecule has 1 amide bonds. The van der Waals surface area contributed by atoms with Gasteiger partial charge in [0.15, 0.2) is 0 Å². The average Bonchev–Trinajstić information content (AvgIpc) is 3.49. The maximum Gasteiger partial charge on any atom is 0.309 e. The van der Waals surface area contributed by atoms with E-state index < -0.39 is 0 Å². The summed E-state index contributed by atoms with van der Waals surface area (Å²) in [7, 11) is 1.63. The molecule has 2 aromatic heterocycles. The van der Waals surface area contributed by atoms with Crippen molar-refractivity contribution in [3.63, 3.8) is 0 Å². The lowest BCUT2D eigenvalue weighted by molar-refractivity contribution is -0.151. The highest BCUT2D eigenvalue weighted by atomic mass is 32.1. The van der Waals surface area contributed by atoms with Gasteiger partial charge in [-0.25, -0.2) is 4.98 Å². The van der Waals surface area contributed by atoms with E-state index in [2.05, 4.69) is 4.98 Å². The van der Waals surface area contributed by atoms with Gasteiger partial charge in [-0.1, -0.05) is 18.2 Å². The van der Waals surface area contributed by atoms with Gasteiger partial charge < -0.3 is 14.4 Å². The highest BCUT2D eigenvalue weighted by Crippen LogP contribution is 2.32. The first-order chi connectivity index (χ1) is 14.7.